The lowest BCUT2D eigenvalue weighted by atomic mass is 10.1. The molecule has 2 heterocycles. The molecule has 37 heavy (non-hydrogen) atoms. The predicted molar refractivity (Wildman–Crippen MR) is 148 cm³/mol. The molecule has 1 aromatic heterocycles. The number of carbonyl (C=O) groups excluding carboxylic acids is 1. The summed E-state index contributed by atoms with van der Waals surface area (Å²) >= 11 is 10.3. The van der Waals surface area contributed by atoms with E-state index in [0.717, 1.165) is 28.8 Å². The summed E-state index contributed by atoms with van der Waals surface area (Å²) in [7, 11) is -3.44. The van der Waals surface area contributed by atoms with Crippen molar-refractivity contribution in [1.29, 1.82) is 0 Å². The zero-order valence-electron chi connectivity index (χ0n) is 19.3. The summed E-state index contributed by atoms with van der Waals surface area (Å²) in [6.07, 6.45) is 2.06. The van der Waals surface area contributed by atoms with Crippen LogP contribution in [0.25, 0.3) is 10.4 Å². The lowest BCUT2D eigenvalue weighted by molar-refractivity contribution is 0.0699. The van der Waals surface area contributed by atoms with E-state index in [9.17, 15) is 23.1 Å². The third-order valence-electron chi connectivity index (χ3n) is 5.83. The molecule has 4 rings (SSSR count). The molecule has 1 aliphatic heterocycles. The molecule has 0 atom stereocenters. The molecule has 12 heteroatoms. The van der Waals surface area contributed by atoms with Crippen molar-refractivity contribution in [2.24, 2.45) is 0 Å². The molecule has 0 aliphatic carbocycles. The van der Waals surface area contributed by atoms with Crippen molar-refractivity contribution < 1.29 is 27.9 Å². The molecule has 0 bridgehead atoms. The third-order valence-corrected chi connectivity index (χ3v) is 10.2. The van der Waals surface area contributed by atoms with Gasteiger partial charge in [-0.1, -0.05) is 35.9 Å². The maximum Gasteiger partial charge on any atom is 0.349 e. The van der Waals surface area contributed by atoms with Gasteiger partial charge in [-0.15, -0.1) is 11.3 Å². The highest BCUT2D eigenvalue weighted by molar-refractivity contribution is 9.10. The van der Waals surface area contributed by atoms with Crippen LogP contribution in [-0.4, -0.2) is 48.9 Å². The first-order valence-electron chi connectivity index (χ1n) is 11.2. The van der Waals surface area contributed by atoms with E-state index < -0.39 is 16.0 Å². The van der Waals surface area contributed by atoms with Crippen molar-refractivity contribution in [1.82, 2.24) is 4.31 Å². The molecule has 0 amide bonds. The van der Waals surface area contributed by atoms with E-state index in [1.54, 1.807) is 24.3 Å². The first-order valence-corrected chi connectivity index (χ1v) is 14.8. The van der Waals surface area contributed by atoms with Crippen LogP contribution in [-0.2, 0) is 20.6 Å². The number of nitrogens with one attached hydrogen (secondary N) is 1. The fraction of sp³-hybridized carbons (Fsp3) is 0.240. The quantitative estimate of drug-likeness (QED) is 0.233. The van der Waals surface area contributed by atoms with E-state index in [1.807, 2.05) is 24.3 Å². The van der Waals surface area contributed by atoms with Gasteiger partial charge >= 0.3 is 5.97 Å². The number of aromatic carboxylic acids is 1. The van der Waals surface area contributed by atoms with Crippen LogP contribution in [0.3, 0.4) is 0 Å². The summed E-state index contributed by atoms with van der Waals surface area (Å²) in [5.41, 5.74) is 2.28. The second kappa shape index (κ2) is 11.8. The standard InChI is InChI=1S/C25H22BrClN2O6S2/c26-21-22(35-13-12-30)24(25(31)32)36-23(21)17-2-1-3-20(14-17)28-19-8-10-29(11-9-19)37(33,34)15-16-4-6-18(27)7-5-16/h1-7,13-14,19,28H,8-11,15H2,(H,31,32). The topological polar surface area (TPSA) is 113 Å². The number of hydrogen-bond donors (Lipinski definition) is 2. The van der Waals surface area contributed by atoms with Crippen LogP contribution in [0.1, 0.15) is 28.1 Å². The number of benzene rings is 2. The van der Waals surface area contributed by atoms with Gasteiger partial charge < -0.3 is 15.2 Å². The van der Waals surface area contributed by atoms with E-state index in [0.29, 0.717) is 45.9 Å². The summed E-state index contributed by atoms with van der Waals surface area (Å²) in [6.45, 7) is 0.827. The molecule has 0 saturated carbocycles. The zero-order valence-corrected chi connectivity index (χ0v) is 23.3. The van der Waals surface area contributed by atoms with Gasteiger partial charge in [-0.2, -0.15) is 0 Å². The molecule has 1 aliphatic rings. The zero-order chi connectivity index (χ0) is 26.6. The highest BCUT2D eigenvalue weighted by Gasteiger charge is 2.28. The lowest BCUT2D eigenvalue weighted by Crippen LogP contribution is -2.42. The Morgan fingerprint density at radius 3 is 2.59 bits per heavy atom. The second-order valence-corrected chi connectivity index (χ2v) is 12.6. The molecule has 0 spiro atoms. The number of carboxylic acids is 1. The minimum atomic E-state index is -3.44. The molecule has 2 aromatic carbocycles. The van der Waals surface area contributed by atoms with Gasteiger partial charge in [0, 0.05) is 29.8 Å². The smallest absolute Gasteiger partial charge is 0.349 e. The van der Waals surface area contributed by atoms with Crippen molar-refractivity contribution in [3.8, 4) is 16.2 Å². The van der Waals surface area contributed by atoms with Gasteiger partial charge in [-0.3, -0.25) is 0 Å². The van der Waals surface area contributed by atoms with E-state index in [4.69, 9.17) is 16.3 Å². The van der Waals surface area contributed by atoms with E-state index in [-0.39, 0.29) is 22.4 Å². The van der Waals surface area contributed by atoms with Gasteiger partial charge in [0.15, 0.2) is 22.8 Å². The second-order valence-electron chi connectivity index (χ2n) is 8.34. The minimum Gasteiger partial charge on any atom is -0.477 e. The molecular weight excluding hydrogens is 604 g/mol. The van der Waals surface area contributed by atoms with E-state index in [1.165, 1.54) is 10.2 Å². The number of rotatable bonds is 9. The fourth-order valence-electron chi connectivity index (χ4n) is 4.06. The number of sulfonamides is 1. The Morgan fingerprint density at radius 1 is 1.24 bits per heavy atom. The number of halogens is 2. The van der Waals surface area contributed by atoms with Crippen molar-refractivity contribution in [3.63, 3.8) is 0 Å². The molecule has 1 fully saturated rings. The van der Waals surface area contributed by atoms with Crippen LogP contribution in [0.2, 0.25) is 5.02 Å². The summed E-state index contributed by atoms with van der Waals surface area (Å²) in [4.78, 5) is 22.8. The van der Waals surface area contributed by atoms with Crippen LogP contribution in [0.4, 0.5) is 5.69 Å². The van der Waals surface area contributed by atoms with Gasteiger partial charge in [-0.05, 0) is 64.2 Å². The highest BCUT2D eigenvalue weighted by Crippen LogP contribution is 2.46. The average molecular weight is 626 g/mol. The Bertz CT molecular complexity index is 1440. The van der Waals surface area contributed by atoms with Gasteiger partial charge in [0.2, 0.25) is 10.0 Å². The molecule has 1 saturated heterocycles. The number of ether oxygens (including phenoxy) is 1. The normalized spacial score (nSPS) is 14.6. The summed E-state index contributed by atoms with van der Waals surface area (Å²) in [6, 6.07) is 14.4. The Kier molecular flexibility index (Phi) is 8.74. The van der Waals surface area contributed by atoms with E-state index >= 15 is 0 Å². The number of anilines is 1. The third kappa shape index (κ3) is 6.62. The Morgan fingerprint density at radius 2 is 1.95 bits per heavy atom. The maximum atomic E-state index is 12.9. The van der Waals surface area contributed by atoms with Crippen molar-refractivity contribution in [2.75, 3.05) is 18.4 Å². The van der Waals surface area contributed by atoms with Gasteiger partial charge in [0.25, 0.3) is 0 Å². The number of carbonyl (C=O) groups is 1. The number of hydrogen-bond acceptors (Lipinski definition) is 7. The van der Waals surface area contributed by atoms with Crippen molar-refractivity contribution in [2.45, 2.75) is 24.6 Å². The van der Waals surface area contributed by atoms with Crippen LogP contribution >= 0.6 is 38.9 Å². The van der Waals surface area contributed by atoms with Crippen LogP contribution in [0.15, 0.2) is 59.3 Å². The number of piperidine rings is 1. The summed E-state index contributed by atoms with van der Waals surface area (Å²) in [5.74, 6) is 0.289. The van der Waals surface area contributed by atoms with E-state index in [2.05, 4.69) is 21.2 Å². The fourth-order valence-corrected chi connectivity index (χ4v) is 7.60. The van der Waals surface area contributed by atoms with Crippen molar-refractivity contribution >= 4 is 66.5 Å². The molecule has 2 N–H and O–H groups in total. The van der Waals surface area contributed by atoms with Crippen LogP contribution in [0, 0.1) is 0 Å². The number of nitrogens with zero attached hydrogens (tertiary/aromatic N) is 1. The Balaban J connectivity index is 1.43. The SMILES string of the molecule is O=C=COc1c(C(=O)O)sc(-c2cccc(NC3CCN(S(=O)(=O)Cc4ccc(Cl)cc4)CC3)c2)c1Br. The molecule has 3 aromatic rings. The first kappa shape index (κ1) is 27.4. The average Bonchev–Trinajstić information content (AvgIpc) is 3.21. The number of thiophene rings is 1. The molecule has 194 valence electrons. The maximum absolute atomic E-state index is 12.9. The minimum absolute atomic E-state index is 0.0427. The lowest BCUT2D eigenvalue weighted by Gasteiger charge is -2.32. The number of carboxylic acid groups (broad SMARTS) is 1. The first-order chi connectivity index (χ1) is 17.7. The predicted octanol–water partition coefficient (Wildman–Crippen LogP) is 5.66. The van der Waals surface area contributed by atoms with Gasteiger partial charge in [-0.25, -0.2) is 22.3 Å². The van der Waals surface area contributed by atoms with Crippen LogP contribution < -0.4 is 10.1 Å². The Hall–Kier alpha value is -2.66. The molecular formula is C25H22BrClN2O6S2. The summed E-state index contributed by atoms with van der Waals surface area (Å²) in [5, 5.41) is 13.6. The Labute approximate surface area is 231 Å². The highest BCUT2D eigenvalue weighted by atomic mass is 79.9. The van der Waals surface area contributed by atoms with Gasteiger partial charge in [0.1, 0.15) is 0 Å². The molecule has 0 unspecified atom stereocenters. The summed E-state index contributed by atoms with van der Waals surface area (Å²) < 4.78 is 32.9. The largest absolute Gasteiger partial charge is 0.477 e. The van der Waals surface area contributed by atoms with Crippen LogP contribution in [0.5, 0.6) is 5.75 Å². The van der Waals surface area contributed by atoms with Gasteiger partial charge in [0.05, 0.1) is 15.1 Å². The van der Waals surface area contributed by atoms with Crippen molar-refractivity contribution in [3.05, 3.63) is 74.7 Å². The molecule has 0 radical (unpaired) electrons. The molecule has 8 nitrogen and oxygen atoms in total. The monoisotopic (exact) mass is 624 g/mol.